The van der Waals surface area contributed by atoms with Gasteiger partial charge in [-0.05, 0) is 82.9 Å². The van der Waals surface area contributed by atoms with E-state index in [0.29, 0.717) is 29.8 Å². The number of benzene rings is 2. The van der Waals surface area contributed by atoms with Crippen LogP contribution in [0.25, 0.3) is 5.76 Å². The molecule has 1 heterocycles. The molecule has 2 aromatic rings. The number of likely N-dealkylation sites (tertiary alicyclic amines) is 1. The van der Waals surface area contributed by atoms with Gasteiger partial charge in [0.15, 0.2) is 0 Å². The highest BCUT2D eigenvalue weighted by atomic mass is 16.5. The number of phenols is 1. The Kier molecular flexibility index (Phi) is 7.20. The van der Waals surface area contributed by atoms with E-state index in [9.17, 15) is 19.8 Å². The lowest BCUT2D eigenvalue weighted by Gasteiger charge is -2.26. The largest absolute Gasteiger partial charge is 0.508 e. The molecule has 1 saturated heterocycles. The molecular formula is C25H30N2O5. The quantitative estimate of drug-likeness (QED) is 0.372. The van der Waals surface area contributed by atoms with Gasteiger partial charge in [-0.3, -0.25) is 9.59 Å². The molecule has 2 N–H and O–H groups in total. The van der Waals surface area contributed by atoms with Gasteiger partial charge < -0.3 is 24.7 Å². The van der Waals surface area contributed by atoms with Gasteiger partial charge in [0.1, 0.15) is 17.3 Å². The zero-order valence-electron chi connectivity index (χ0n) is 18.9. The number of carbonyl (C=O) groups is 2. The summed E-state index contributed by atoms with van der Waals surface area (Å²) in [5.74, 6) is -0.849. The number of amides is 1. The minimum absolute atomic E-state index is 0.0106. The number of ether oxygens (including phenoxy) is 1. The molecule has 1 aliphatic heterocycles. The van der Waals surface area contributed by atoms with Crippen LogP contribution in [0.4, 0.5) is 0 Å². The molecule has 7 heteroatoms. The summed E-state index contributed by atoms with van der Waals surface area (Å²) in [5.41, 5.74) is 1.12. The normalized spacial score (nSPS) is 18.1. The fraction of sp³-hybridized carbons (Fsp3) is 0.360. The van der Waals surface area contributed by atoms with Gasteiger partial charge in [0.2, 0.25) is 0 Å². The number of hydrogen-bond acceptors (Lipinski definition) is 6. The number of aromatic hydroxyl groups is 1. The molecule has 7 nitrogen and oxygen atoms in total. The highest BCUT2D eigenvalue weighted by molar-refractivity contribution is 6.46. The number of aliphatic hydroxyl groups excluding tert-OH is 1. The molecule has 2 aromatic carbocycles. The molecule has 0 spiro atoms. The Bertz CT molecular complexity index is 994. The van der Waals surface area contributed by atoms with Gasteiger partial charge >= 0.3 is 0 Å². The van der Waals surface area contributed by atoms with E-state index in [-0.39, 0.29) is 23.2 Å². The molecular weight excluding hydrogens is 408 g/mol. The maximum absolute atomic E-state index is 13.0. The van der Waals surface area contributed by atoms with Crippen molar-refractivity contribution < 1.29 is 24.5 Å². The van der Waals surface area contributed by atoms with Gasteiger partial charge in [-0.1, -0.05) is 12.1 Å². The summed E-state index contributed by atoms with van der Waals surface area (Å²) in [6, 6.07) is 12.4. The van der Waals surface area contributed by atoms with Crippen LogP contribution < -0.4 is 4.74 Å². The Labute approximate surface area is 188 Å². The lowest BCUT2D eigenvalue weighted by atomic mass is 9.95. The predicted octanol–water partition coefficient (Wildman–Crippen LogP) is 3.55. The lowest BCUT2D eigenvalue weighted by Crippen LogP contribution is -2.32. The van der Waals surface area contributed by atoms with Crippen LogP contribution in [0.5, 0.6) is 11.5 Å². The molecule has 0 aliphatic carbocycles. The van der Waals surface area contributed by atoms with Crippen LogP contribution in [-0.4, -0.2) is 65.0 Å². The third-order valence-electron chi connectivity index (χ3n) is 5.25. The Morgan fingerprint density at radius 3 is 2.25 bits per heavy atom. The Morgan fingerprint density at radius 1 is 1.06 bits per heavy atom. The maximum atomic E-state index is 13.0. The maximum Gasteiger partial charge on any atom is 0.295 e. The fourth-order valence-corrected chi connectivity index (χ4v) is 3.79. The van der Waals surface area contributed by atoms with Crippen LogP contribution >= 0.6 is 0 Å². The number of phenolic OH excluding ortho intramolecular Hbond substituents is 1. The van der Waals surface area contributed by atoms with E-state index < -0.39 is 17.7 Å². The topological polar surface area (TPSA) is 90.3 Å². The van der Waals surface area contributed by atoms with E-state index in [4.69, 9.17) is 4.74 Å². The SMILES string of the molecule is CC(C)Oc1ccc(/C(O)=C2\C(=O)C(=O)N(CCCN(C)C)C2c2ccc(O)cc2)cc1. The van der Waals surface area contributed by atoms with E-state index in [1.165, 1.54) is 17.0 Å². The third kappa shape index (κ3) is 5.11. The Hall–Kier alpha value is -3.32. The highest BCUT2D eigenvalue weighted by Crippen LogP contribution is 2.40. The van der Waals surface area contributed by atoms with Crippen molar-refractivity contribution in [1.29, 1.82) is 0 Å². The summed E-state index contributed by atoms with van der Waals surface area (Å²) in [4.78, 5) is 29.4. The molecule has 170 valence electrons. The average molecular weight is 439 g/mol. The molecule has 1 aliphatic rings. The van der Waals surface area contributed by atoms with Gasteiger partial charge in [0.25, 0.3) is 11.7 Å². The summed E-state index contributed by atoms with van der Waals surface area (Å²) < 4.78 is 5.64. The first-order valence-electron chi connectivity index (χ1n) is 10.7. The van der Waals surface area contributed by atoms with E-state index >= 15 is 0 Å². The van der Waals surface area contributed by atoms with Crippen molar-refractivity contribution in [3.05, 3.63) is 65.2 Å². The average Bonchev–Trinajstić information content (AvgIpc) is 2.99. The number of Topliss-reactive ketones (excluding diaryl/α,β-unsaturated/α-hetero) is 1. The van der Waals surface area contributed by atoms with Gasteiger partial charge in [-0.2, -0.15) is 0 Å². The zero-order chi connectivity index (χ0) is 23.4. The summed E-state index contributed by atoms with van der Waals surface area (Å²) >= 11 is 0. The van der Waals surface area contributed by atoms with E-state index in [0.717, 1.165) is 6.54 Å². The van der Waals surface area contributed by atoms with Crippen molar-refractivity contribution in [3.8, 4) is 11.5 Å². The third-order valence-corrected chi connectivity index (χ3v) is 5.25. The number of aliphatic hydroxyl groups is 1. The Morgan fingerprint density at radius 2 is 1.69 bits per heavy atom. The van der Waals surface area contributed by atoms with Crippen molar-refractivity contribution >= 4 is 17.4 Å². The van der Waals surface area contributed by atoms with Crippen LogP contribution in [0.1, 0.15) is 37.4 Å². The molecule has 1 unspecified atom stereocenters. The van der Waals surface area contributed by atoms with E-state index in [2.05, 4.69) is 0 Å². The summed E-state index contributed by atoms with van der Waals surface area (Å²) in [6.45, 7) is 4.96. The zero-order valence-corrected chi connectivity index (χ0v) is 18.9. The number of carbonyl (C=O) groups excluding carboxylic acids is 2. The standard InChI is InChI=1S/C25H30N2O5/c1-16(2)32-20-12-8-18(9-13-20)23(29)21-22(17-6-10-19(28)11-7-17)27(25(31)24(21)30)15-5-14-26(3)4/h6-13,16,22,28-29H,5,14-15H2,1-4H3/b23-21+. The van der Waals surface area contributed by atoms with Gasteiger partial charge in [-0.15, -0.1) is 0 Å². The summed E-state index contributed by atoms with van der Waals surface area (Å²) in [6.07, 6.45) is 0.687. The van der Waals surface area contributed by atoms with Crippen LogP contribution in [0.15, 0.2) is 54.1 Å². The molecule has 1 fully saturated rings. The van der Waals surface area contributed by atoms with Crippen LogP contribution in [0.3, 0.4) is 0 Å². The van der Waals surface area contributed by atoms with Crippen LogP contribution in [-0.2, 0) is 9.59 Å². The molecule has 3 rings (SSSR count). The molecule has 0 radical (unpaired) electrons. The molecule has 1 atom stereocenters. The predicted molar refractivity (Wildman–Crippen MR) is 122 cm³/mol. The van der Waals surface area contributed by atoms with Crippen molar-refractivity contribution in [2.45, 2.75) is 32.4 Å². The number of ketones is 1. The molecule has 1 amide bonds. The molecule has 0 bridgehead atoms. The molecule has 32 heavy (non-hydrogen) atoms. The van der Waals surface area contributed by atoms with Crippen molar-refractivity contribution in [1.82, 2.24) is 9.80 Å². The fourth-order valence-electron chi connectivity index (χ4n) is 3.79. The van der Waals surface area contributed by atoms with E-state index in [1.807, 2.05) is 32.8 Å². The summed E-state index contributed by atoms with van der Waals surface area (Å²) in [7, 11) is 3.89. The van der Waals surface area contributed by atoms with Crippen molar-refractivity contribution in [2.24, 2.45) is 0 Å². The lowest BCUT2D eigenvalue weighted by molar-refractivity contribution is -0.139. The van der Waals surface area contributed by atoms with Crippen molar-refractivity contribution in [2.75, 3.05) is 27.2 Å². The number of nitrogens with zero attached hydrogens (tertiary/aromatic N) is 2. The first-order chi connectivity index (χ1) is 15.2. The minimum Gasteiger partial charge on any atom is -0.508 e. The van der Waals surface area contributed by atoms with Crippen LogP contribution in [0, 0.1) is 0 Å². The second kappa shape index (κ2) is 9.87. The van der Waals surface area contributed by atoms with Gasteiger partial charge in [0, 0.05) is 12.1 Å². The minimum atomic E-state index is -0.732. The summed E-state index contributed by atoms with van der Waals surface area (Å²) in [5, 5.41) is 20.8. The van der Waals surface area contributed by atoms with Gasteiger partial charge in [-0.25, -0.2) is 0 Å². The first-order valence-corrected chi connectivity index (χ1v) is 10.7. The van der Waals surface area contributed by atoms with Gasteiger partial charge in [0.05, 0.1) is 17.7 Å². The first kappa shape index (κ1) is 23.3. The Balaban J connectivity index is 2.03. The smallest absolute Gasteiger partial charge is 0.295 e. The molecule has 0 aromatic heterocycles. The highest BCUT2D eigenvalue weighted by Gasteiger charge is 2.45. The van der Waals surface area contributed by atoms with Crippen molar-refractivity contribution in [3.63, 3.8) is 0 Å². The second-order valence-electron chi connectivity index (χ2n) is 8.43. The van der Waals surface area contributed by atoms with Crippen LogP contribution in [0.2, 0.25) is 0 Å². The molecule has 0 saturated carbocycles. The number of hydrogen-bond donors (Lipinski definition) is 2. The monoisotopic (exact) mass is 438 g/mol. The number of rotatable bonds is 8. The van der Waals surface area contributed by atoms with E-state index in [1.54, 1.807) is 36.4 Å². The second-order valence-corrected chi connectivity index (χ2v) is 8.43.